The lowest BCUT2D eigenvalue weighted by molar-refractivity contribution is -0.139. The van der Waals surface area contributed by atoms with Gasteiger partial charge in [-0.3, -0.25) is 9.69 Å². The molecule has 6 heteroatoms. The van der Waals surface area contributed by atoms with E-state index in [2.05, 4.69) is 61.2 Å². The van der Waals surface area contributed by atoms with Crippen molar-refractivity contribution < 1.29 is 4.79 Å². The number of aromatic nitrogens is 2. The van der Waals surface area contributed by atoms with Crippen molar-refractivity contribution in [1.82, 2.24) is 24.7 Å². The SMILES string of the molecule is Cc1nc(CC2CCN(C(=O)[C@H](CC(C)C)N3CCN[C@@H](CC(C)C)C3)CC2)n(CC2CC2)c1C. The molecule has 1 aliphatic carbocycles. The monoisotopic (exact) mass is 485 g/mol. The Hall–Kier alpha value is -1.40. The van der Waals surface area contributed by atoms with Gasteiger partial charge >= 0.3 is 0 Å². The molecule has 3 fully saturated rings. The molecule has 1 aromatic rings. The zero-order valence-corrected chi connectivity index (χ0v) is 23.4. The molecule has 3 heterocycles. The maximum Gasteiger partial charge on any atom is 0.239 e. The molecule has 2 saturated heterocycles. The van der Waals surface area contributed by atoms with E-state index in [0.29, 0.717) is 29.7 Å². The Morgan fingerprint density at radius 2 is 1.71 bits per heavy atom. The number of piperazine rings is 1. The number of imidazole rings is 1. The zero-order chi connectivity index (χ0) is 25.1. The van der Waals surface area contributed by atoms with Gasteiger partial charge in [0.15, 0.2) is 0 Å². The summed E-state index contributed by atoms with van der Waals surface area (Å²) >= 11 is 0. The van der Waals surface area contributed by atoms with Gasteiger partial charge in [-0.05, 0) is 76.0 Å². The van der Waals surface area contributed by atoms with Crippen molar-refractivity contribution in [2.75, 3.05) is 32.7 Å². The second kappa shape index (κ2) is 11.8. The number of aryl methyl sites for hydroxylation is 1. The van der Waals surface area contributed by atoms with Crippen molar-refractivity contribution in [2.45, 2.75) is 105 Å². The lowest BCUT2D eigenvalue weighted by Crippen LogP contribution is -2.59. The first-order valence-electron chi connectivity index (χ1n) is 14.5. The fraction of sp³-hybridized carbons (Fsp3) is 0.862. The summed E-state index contributed by atoms with van der Waals surface area (Å²) in [5, 5.41) is 3.69. The molecule has 0 bridgehead atoms. The number of piperidine rings is 1. The minimum atomic E-state index is 0.0334. The first-order valence-corrected chi connectivity index (χ1v) is 14.5. The van der Waals surface area contributed by atoms with Crippen molar-refractivity contribution in [3.63, 3.8) is 0 Å². The van der Waals surface area contributed by atoms with E-state index >= 15 is 0 Å². The number of carbonyl (C=O) groups is 1. The van der Waals surface area contributed by atoms with E-state index in [4.69, 9.17) is 4.98 Å². The van der Waals surface area contributed by atoms with Gasteiger partial charge in [-0.25, -0.2) is 4.98 Å². The van der Waals surface area contributed by atoms with Gasteiger partial charge in [-0.15, -0.1) is 0 Å². The molecule has 0 aromatic carbocycles. The third-order valence-electron chi connectivity index (χ3n) is 8.54. The summed E-state index contributed by atoms with van der Waals surface area (Å²) in [7, 11) is 0. The van der Waals surface area contributed by atoms with Crippen molar-refractivity contribution in [2.24, 2.45) is 23.7 Å². The summed E-state index contributed by atoms with van der Waals surface area (Å²) in [4.78, 5) is 23.5. The van der Waals surface area contributed by atoms with Crippen LogP contribution in [-0.2, 0) is 17.8 Å². The highest BCUT2D eigenvalue weighted by Crippen LogP contribution is 2.33. The lowest BCUT2D eigenvalue weighted by atomic mass is 9.91. The van der Waals surface area contributed by atoms with Crippen LogP contribution in [0.4, 0.5) is 0 Å². The Labute approximate surface area is 214 Å². The minimum absolute atomic E-state index is 0.0334. The van der Waals surface area contributed by atoms with Crippen LogP contribution in [0.5, 0.6) is 0 Å². The first kappa shape index (κ1) is 26.7. The highest BCUT2D eigenvalue weighted by molar-refractivity contribution is 5.82. The Morgan fingerprint density at radius 3 is 2.34 bits per heavy atom. The summed E-state index contributed by atoms with van der Waals surface area (Å²) in [6, 6.07) is 0.536. The molecule has 2 atom stereocenters. The van der Waals surface area contributed by atoms with Crippen molar-refractivity contribution in [3.8, 4) is 0 Å². The second-order valence-electron chi connectivity index (χ2n) is 12.6. The number of hydrogen-bond donors (Lipinski definition) is 1. The molecule has 3 aliphatic rings. The molecule has 6 nitrogen and oxygen atoms in total. The van der Waals surface area contributed by atoms with Gasteiger partial charge in [0.25, 0.3) is 0 Å². The van der Waals surface area contributed by atoms with Gasteiger partial charge in [0.1, 0.15) is 5.82 Å². The molecule has 35 heavy (non-hydrogen) atoms. The van der Waals surface area contributed by atoms with Crippen molar-refractivity contribution in [3.05, 3.63) is 17.2 Å². The van der Waals surface area contributed by atoms with Crippen LogP contribution in [-0.4, -0.2) is 70.1 Å². The first-order chi connectivity index (χ1) is 16.7. The summed E-state index contributed by atoms with van der Waals surface area (Å²) in [5.41, 5.74) is 2.54. The fourth-order valence-corrected chi connectivity index (χ4v) is 6.22. The van der Waals surface area contributed by atoms with Gasteiger partial charge in [0, 0.05) is 57.4 Å². The smallest absolute Gasteiger partial charge is 0.239 e. The number of amides is 1. The summed E-state index contributed by atoms with van der Waals surface area (Å²) in [6.07, 6.45) is 8.16. The predicted octanol–water partition coefficient (Wildman–Crippen LogP) is 4.43. The van der Waals surface area contributed by atoms with Gasteiger partial charge in [-0.1, -0.05) is 27.7 Å². The van der Waals surface area contributed by atoms with Crippen LogP contribution in [0, 0.1) is 37.5 Å². The van der Waals surface area contributed by atoms with E-state index in [1.807, 2.05) is 0 Å². The minimum Gasteiger partial charge on any atom is -0.341 e. The van der Waals surface area contributed by atoms with E-state index < -0.39 is 0 Å². The molecule has 2 aliphatic heterocycles. The molecule has 1 saturated carbocycles. The molecule has 0 spiro atoms. The molecule has 0 unspecified atom stereocenters. The van der Waals surface area contributed by atoms with Gasteiger partial charge in [-0.2, -0.15) is 0 Å². The van der Waals surface area contributed by atoms with Crippen LogP contribution in [0.25, 0.3) is 0 Å². The largest absolute Gasteiger partial charge is 0.341 e. The van der Waals surface area contributed by atoms with E-state index in [1.54, 1.807) is 0 Å². The Balaban J connectivity index is 1.35. The van der Waals surface area contributed by atoms with Gasteiger partial charge in [0.05, 0.1) is 11.7 Å². The number of likely N-dealkylation sites (tertiary alicyclic amines) is 1. The van der Waals surface area contributed by atoms with E-state index in [1.165, 1.54) is 36.5 Å². The van der Waals surface area contributed by atoms with Crippen LogP contribution in [0.15, 0.2) is 0 Å². The van der Waals surface area contributed by atoms with E-state index in [9.17, 15) is 4.79 Å². The molecule has 0 radical (unpaired) electrons. The Morgan fingerprint density at radius 1 is 1.00 bits per heavy atom. The average Bonchev–Trinajstić information content (AvgIpc) is 3.60. The molecule has 1 N–H and O–H groups in total. The highest BCUT2D eigenvalue weighted by atomic mass is 16.2. The number of nitrogens with one attached hydrogen (secondary N) is 1. The summed E-state index contributed by atoms with van der Waals surface area (Å²) < 4.78 is 2.50. The zero-order valence-electron chi connectivity index (χ0n) is 23.4. The standard InChI is InChI=1S/C29H51N5O/c1-20(2)15-26-19-33(14-11-30-26)27(16-21(3)4)29(35)32-12-9-24(10-13-32)17-28-31-22(5)23(6)34(28)18-25-7-8-25/h20-21,24-27,30H,7-19H2,1-6H3/t26-,27-/m0/s1. The summed E-state index contributed by atoms with van der Waals surface area (Å²) in [5.74, 6) is 4.37. The number of hydrogen-bond acceptors (Lipinski definition) is 4. The summed E-state index contributed by atoms with van der Waals surface area (Å²) in [6.45, 7) is 19.4. The van der Waals surface area contributed by atoms with Crippen LogP contribution in [0.1, 0.15) is 83.4 Å². The normalized spacial score (nSPS) is 23.4. The topological polar surface area (TPSA) is 53.4 Å². The highest BCUT2D eigenvalue weighted by Gasteiger charge is 2.35. The predicted molar refractivity (Wildman–Crippen MR) is 143 cm³/mol. The van der Waals surface area contributed by atoms with Crippen LogP contribution in [0.3, 0.4) is 0 Å². The molecule has 1 aromatic heterocycles. The number of nitrogens with zero attached hydrogens (tertiary/aromatic N) is 4. The number of rotatable bonds is 10. The van der Waals surface area contributed by atoms with Gasteiger partial charge in [0.2, 0.25) is 5.91 Å². The molecule has 4 rings (SSSR count). The molecular weight excluding hydrogens is 434 g/mol. The second-order valence-corrected chi connectivity index (χ2v) is 12.6. The Bertz CT molecular complexity index is 834. The van der Waals surface area contributed by atoms with Gasteiger partial charge < -0.3 is 14.8 Å². The fourth-order valence-electron chi connectivity index (χ4n) is 6.22. The molecular formula is C29H51N5O. The van der Waals surface area contributed by atoms with Crippen LogP contribution < -0.4 is 5.32 Å². The number of carbonyl (C=O) groups excluding carboxylic acids is 1. The molecule has 1 amide bonds. The van der Waals surface area contributed by atoms with Crippen molar-refractivity contribution >= 4 is 5.91 Å². The van der Waals surface area contributed by atoms with E-state index in [0.717, 1.165) is 70.9 Å². The lowest BCUT2D eigenvalue weighted by Gasteiger charge is -2.42. The quantitative estimate of drug-likeness (QED) is 0.533. The maximum absolute atomic E-state index is 13.8. The third kappa shape index (κ3) is 7.09. The average molecular weight is 486 g/mol. The van der Waals surface area contributed by atoms with E-state index in [-0.39, 0.29) is 6.04 Å². The van der Waals surface area contributed by atoms with Crippen LogP contribution >= 0.6 is 0 Å². The van der Waals surface area contributed by atoms with Crippen molar-refractivity contribution in [1.29, 1.82) is 0 Å². The third-order valence-corrected chi connectivity index (χ3v) is 8.54. The Kier molecular flexibility index (Phi) is 8.96. The molecule has 198 valence electrons. The maximum atomic E-state index is 13.8. The van der Waals surface area contributed by atoms with Crippen LogP contribution in [0.2, 0.25) is 0 Å².